The van der Waals surface area contributed by atoms with Crippen LogP contribution in [-0.2, 0) is 0 Å². The van der Waals surface area contributed by atoms with Gasteiger partial charge in [-0.15, -0.1) is 0 Å². The van der Waals surface area contributed by atoms with E-state index in [1.807, 2.05) is 0 Å². The van der Waals surface area contributed by atoms with Crippen LogP contribution in [0.3, 0.4) is 0 Å². The van der Waals surface area contributed by atoms with Crippen molar-refractivity contribution < 1.29 is 0 Å². The maximum absolute atomic E-state index is 5.87. The van der Waals surface area contributed by atoms with Crippen molar-refractivity contribution in [1.82, 2.24) is 4.90 Å². The smallest absolute Gasteiger partial charge is 0.103 e. The van der Waals surface area contributed by atoms with Gasteiger partial charge in [0.05, 0.1) is 0 Å². The second kappa shape index (κ2) is 18.0. The number of hydrogen-bond donors (Lipinski definition) is 1. The fourth-order valence-electron chi connectivity index (χ4n) is 4.26. The van der Waals surface area contributed by atoms with E-state index in [0.29, 0.717) is 6.54 Å². The Morgan fingerprint density at radius 2 is 1.73 bits per heavy atom. The predicted molar refractivity (Wildman–Crippen MR) is 167 cm³/mol. The molecule has 4 heteroatoms. The number of benzene rings is 1. The molecule has 3 nitrogen and oxygen atoms in total. The molecule has 0 bridgehead atoms. The quantitative estimate of drug-likeness (QED) is 0.151. The lowest BCUT2D eigenvalue weighted by Crippen LogP contribution is -2.28. The van der Waals surface area contributed by atoms with E-state index in [2.05, 4.69) is 100 Å². The molecule has 0 aromatic heterocycles. The van der Waals surface area contributed by atoms with E-state index in [1.54, 1.807) is 11.8 Å². The highest BCUT2D eigenvalue weighted by molar-refractivity contribution is 8.03. The minimum Gasteiger partial charge on any atom is -0.372 e. The van der Waals surface area contributed by atoms with Gasteiger partial charge in [0.15, 0.2) is 0 Å². The van der Waals surface area contributed by atoms with E-state index in [1.165, 1.54) is 46.6 Å². The SMILES string of the molecule is CCC/C=C/C(=C\C=C(/C)c1ccccc1S/C(=C/C(=C\CCC)N1CCCCC1)N=C(C)C)CCN. The minimum atomic E-state index is 0.662. The van der Waals surface area contributed by atoms with Crippen molar-refractivity contribution in [3.05, 3.63) is 82.6 Å². The summed E-state index contributed by atoms with van der Waals surface area (Å²) >= 11 is 1.77. The van der Waals surface area contributed by atoms with Crippen molar-refractivity contribution in [3.8, 4) is 0 Å². The molecule has 0 amide bonds. The Balaban J connectivity index is 2.40. The van der Waals surface area contributed by atoms with Gasteiger partial charge in [0.1, 0.15) is 5.03 Å². The molecule has 1 aliphatic rings. The van der Waals surface area contributed by atoms with Gasteiger partial charge in [-0.25, -0.2) is 0 Å². The van der Waals surface area contributed by atoms with Crippen LogP contribution in [0.1, 0.15) is 91.5 Å². The molecule has 2 N–H and O–H groups in total. The molecular weight excluding hydrogens is 470 g/mol. The summed E-state index contributed by atoms with van der Waals surface area (Å²) in [6.07, 6.45) is 22.9. The predicted octanol–water partition coefficient (Wildman–Crippen LogP) is 9.31. The molecule has 37 heavy (non-hydrogen) atoms. The monoisotopic (exact) mass is 519 g/mol. The van der Waals surface area contributed by atoms with Crippen LogP contribution in [0.4, 0.5) is 0 Å². The number of piperidine rings is 1. The fraction of sp³-hybridized carbons (Fsp3) is 0.485. The number of allylic oxidation sites excluding steroid dienone is 7. The van der Waals surface area contributed by atoms with E-state index >= 15 is 0 Å². The van der Waals surface area contributed by atoms with Crippen LogP contribution in [0.5, 0.6) is 0 Å². The summed E-state index contributed by atoms with van der Waals surface area (Å²) in [6, 6.07) is 8.69. The zero-order chi connectivity index (χ0) is 26.9. The van der Waals surface area contributed by atoms with E-state index < -0.39 is 0 Å². The molecule has 202 valence electrons. The summed E-state index contributed by atoms with van der Waals surface area (Å²) in [5.41, 5.74) is 12.0. The molecule has 1 saturated heterocycles. The highest BCUT2D eigenvalue weighted by Crippen LogP contribution is 2.35. The van der Waals surface area contributed by atoms with Gasteiger partial charge in [-0.2, -0.15) is 0 Å². The third-order valence-corrected chi connectivity index (χ3v) is 7.26. The Morgan fingerprint density at radius 1 is 1.00 bits per heavy atom. The lowest BCUT2D eigenvalue weighted by atomic mass is 10.1. The molecule has 1 fully saturated rings. The molecular formula is C33H49N3S. The number of nitrogens with two attached hydrogens (primary N) is 1. The van der Waals surface area contributed by atoms with Gasteiger partial charge in [0, 0.05) is 29.4 Å². The molecule has 0 radical (unpaired) electrons. The number of thioether (sulfide) groups is 1. The van der Waals surface area contributed by atoms with Gasteiger partial charge >= 0.3 is 0 Å². The maximum Gasteiger partial charge on any atom is 0.103 e. The van der Waals surface area contributed by atoms with Crippen molar-refractivity contribution in [2.24, 2.45) is 10.7 Å². The van der Waals surface area contributed by atoms with Gasteiger partial charge in [-0.3, -0.25) is 4.99 Å². The van der Waals surface area contributed by atoms with Crippen LogP contribution >= 0.6 is 11.8 Å². The lowest BCUT2D eigenvalue weighted by Gasteiger charge is -2.30. The van der Waals surface area contributed by atoms with Crippen LogP contribution in [0.2, 0.25) is 0 Å². The lowest BCUT2D eigenvalue weighted by molar-refractivity contribution is 0.292. The highest BCUT2D eigenvalue weighted by atomic mass is 32.2. The zero-order valence-corrected chi connectivity index (χ0v) is 24.7. The zero-order valence-electron chi connectivity index (χ0n) is 23.9. The summed E-state index contributed by atoms with van der Waals surface area (Å²) in [6.45, 7) is 13.8. The van der Waals surface area contributed by atoms with Crippen molar-refractivity contribution in [2.45, 2.75) is 90.9 Å². The van der Waals surface area contributed by atoms with Gasteiger partial charge in [-0.05, 0) is 94.7 Å². The average Bonchev–Trinajstić information content (AvgIpc) is 2.90. The highest BCUT2D eigenvalue weighted by Gasteiger charge is 2.14. The first-order chi connectivity index (χ1) is 18.0. The van der Waals surface area contributed by atoms with Crippen molar-refractivity contribution in [2.75, 3.05) is 19.6 Å². The first-order valence-electron chi connectivity index (χ1n) is 14.2. The number of rotatable bonds is 14. The Kier molecular flexibility index (Phi) is 15.1. The number of unbranched alkanes of at least 4 members (excludes halogenated alkanes) is 2. The van der Waals surface area contributed by atoms with Crippen LogP contribution in [0.15, 0.2) is 86.9 Å². The molecule has 0 spiro atoms. The Morgan fingerprint density at radius 3 is 2.41 bits per heavy atom. The van der Waals surface area contributed by atoms with Gasteiger partial charge in [-0.1, -0.05) is 87.0 Å². The Bertz CT molecular complexity index is 1000. The van der Waals surface area contributed by atoms with E-state index in [9.17, 15) is 0 Å². The van der Waals surface area contributed by atoms with Gasteiger partial charge < -0.3 is 10.6 Å². The van der Waals surface area contributed by atoms with Crippen LogP contribution in [0.25, 0.3) is 5.57 Å². The van der Waals surface area contributed by atoms with Gasteiger partial charge in [0.2, 0.25) is 0 Å². The van der Waals surface area contributed by atoms with Crippen LogP contribution < -0.4 is 5.73 Å². The molecule has 0 unspecified atom stereocenters. The van der Waals surface area contributed by atoms with Crippen LogP contribution in [-0.4, -0.2) is 30.2 Å². The minimum absolute atomic E-state index is 0.662. The molecule has 0 saturated carbocycles. The summed E-state index contributed by atoms with van der Waals surface area (Å²) in [5, 5.41) is 1.05. The number of likely N-dealkylation sites (tertiary alicyclic amines) is 1. The van der Waals surface area contributed by atoms with E-state index in [4.69, 9.17) is 10.7 Å². The number of hydrogen-bond acceptors (Lipinski definition) is 4. The number of aliphatic imine (C=N–C) groups is 1. The second-order valence-corrected chi connectivity index (χ2v) is 11.0. The topological polar surface area (TPSA) is 41.6 Å². The fourth-order valence-corrected chi connectivity index (χ4v) is 5.38. The van der Waals surface area contributed by atoms with Crippen molar-refractivity contribution in [1.29, 1.82) is 0 Å². The Hall–Kier alpha value is -2.30. The molecule has 1 aliphatic heterocycles. The molecule has 1 aromatic carbocycles. The normalized spacial score (nSPS) is 16.0. The van der Waals surface area contributed by atoms with Gasteiger partial charge in [0.25, 0.3) is 0 Å². The largest absolute Gasteiger partial charge is 0.372 e. The van der Waals surface area contributed by atoms with E-state index in [-0.39, 0.29) is 0 Å². The van der Waals surface area contributed by atoms with Crippen molar-refractivity contribution >= 4 is 23.0 Å². The average molecular weight is 520 g/mol. The first kappa shape index (κ1) is 30.9. The summed E-state index contributed by atoms with van der Waals surface area (Å²) in [5.74, 6) is 0. The summed E-state index contributed by atoms with van der Waals surface area (Å²) in [7, 11) is 0. The molecule has 1 heterocycles. The second-order valence-electron chi connectivity index (χ2n) is 9.93. The third kappa shape index (κ3) is 11.7. The molecule has 1 aromatic rings. The first-order valence-corrected chi connectivity index (χ1v) is 15.0. The third-order valence-electron chi connectivity index (χ3n) is 6.26. The van der Waals surface area contributed by atoms with Crippen molar-refractivity contribution in [3.63, 3.8) is 0 Å². The number of nitrogens with zero attached hydrogens (tertiary/aromatic N) is 2. The van der Waals surface area contributed by atoms with E-state index in [0.717, 1.165) is 55.9 Å². The maximum atomic E-state index is 5.87. The molecule has 2 rings (SSSR count). The molecule has 0 atom stereocenters. The molecule has 0 aliphatic carbocycles. The van der Waals surface area contributed by atoms with Crippen LogP contribution in [0, 0.1) is 0 Å². The summed E-state index contributed by atoms with van der Waals surface area (Å²) < 4.78 is 0. The standard InChI is InChI=1S/C33H49N3S/c1-6-8-11-16-29(22-23-34)21-20-28(5)31-18-12-13-19-32(31)37-33(35-27(3)4)26-30(17-9-7-2)36-24-14-10-15-25-36/h11-13,16-21,26H,6-10,14-15,22-25,34H2,1-5H3/b16-11+,28-20+,29-21+,30-17+,33-26+. The Labute approximate surface area is 231 Å². The summed E-state index contributed by atoms with van der Waals surface area (Å²) in [4.78, 5) is 8.76.